The standard InChI is InChI=1S/C18H23NO4/c1-13(17-10-14-4-2-3-5-16(14)22-17)19-11-15-12-21-18(23-15)6-8-20-9-7-18/h2-5,10,13,15,19H,6-9,11-12H2,1H3. The lowest BCUT2D eigenvalue weighted by molar-refractivity contribution is -0.210. The van der Waals surface area contributed by atoms with Gasteiger partial charge >= 0.3 is 0 Å². The van der Waals surface area contributed by atoms with Crippen LogP contribution < -0.4 is 5.32 Å². The molecule has 2 aromatic rings. The zero-order valence-electron chi connectivity index (χ0n) is 13.4. The van der Waals surface area contributed by atoms with Crippen LogP contribution in [0.1, 0.15) is 31.6 Å². The minimum absolute atomic E-state index is 0.0833. The summed E-state index contributed by atoms with van der Waals surface area (Å²) in [5.74, 6) is 0.540. The number of hydrogen-bond acceptors (Lipinski definition) is 5. The van der Waals surface area contributed by atoms with Gasteiger partial charge in [-0.3, -0.25) is 0 Å². The van der Waals surface area contributed by atoms with E-state index in [1.165, 1.54) is 0 Å². The lowest BCUT2D eigenvalue weighted by Gasteiger charge is -2.31. The van der Waals surface area contributed by atoms with Crippen molar-refractivity contribution in [2.75, 3.05) is 26.4 Å². The van der Waals surface area contributed by atoms with Gasteiger partial charge in [0.15, 0.2) is 5.79 Å². The van der Waals surface area contributed by atoms with Crippen LogP contribution in [0.2, 0.25) is 0 Å². The fraction of sp³-hybridized carbons (Fsp3) is 0.556. The van der Waals surface area contributed by atoms with Crippen LogP contribution in [-0.4, -0.2) is 38.3 Å². The number of fused-ring (bicyclic) bond motifs is 1. The van der Waals surface area contributed by atoms with Gasteiger partial charge in [0.25, 0.3) is 0 Å². The molecule has 5 nitrogen and oxygen atoms in total. The summed E-state index contributed by atoms with van der Waals surface area (Å²) in [7, 11) is 0. The molecule has 1 aromatic heterocycles. The van der Waals surface area contributed by atoms with Gasteiger partial charge in [0, 0.05) is 24.8 Å². The van der Waals surface area contributed by atoms with Crippen molar-refractivity contribution in [3.05, 3.63) is 36.1 Å². The maximum absolute atomic E-state index is 6.14. The smallest absolute Gasteiger partial charge is 0.173 e. The Hall–Kier alpha value is -1.40. The molecule has 2 aliphatic heterocycles. The first kappa shape index (κ1) is 15.1. The van der Waals surface area contributed by atoms with Gasteiger partial charge in [-0.1, -0.05) is 18.2 Å². The molecule has 2 saturated heterocycles. The van der Waals surface area contributed by atoms with E-state index in [1.54, 1.807) is 0 Å². The molecule has 0 amide bonds. The number of hydrogen-bond donors (Lipinski definition) is 1. The topological polar surface area (TPSA) is 52.9 Å². The van der Waals surface area contributed by atoms with Crippen molar-refractivity contribution < 1.29 is 18.6 Å². The highest BCUT2D eigenvalue weighted by Gasteiger charge is 2.42. The van der Waals surface area contributed by atoms with Crippen LogP contribution in [-0.2, 0) is 14.2 Å². The zero-order chi connectivity index (χ0) is 15.7. The molecule has 0 saturated carbocycles. The number of rotatable bonds is 4. The molecule has 3 heterocycles. The Kier molecular flexibility index (Phi) is 4.11. The molecule has 1 spiro atoms. The molecular formula is C18H23NO4. The predicted molar refractivity (Wildman–Crippen MR) is 86.2 cm³/mol. The van der Waals surface area contributed by atoms with Crippen molar-refractivity contribution in [1.82, 2.24) is 5.32 Å². The lowest BCUT2D eigenvalue weighted by atomic mass is 10.1. The average Bonchev–Trinajstić information content (AvgIpc) is 3.18. The molecule has 2 unspecified atom stereocenters. The number of nitrogens with one attached hydrogen (secondary N) is 1. The van der Waals surface area contributed by atoms with Gasteiger partial charge in [0.05, 0.1) is 32.0 Å². The molecule has 2 aliphatic rings. The van der Waals surface area contributed by atoms with Crippen molar-refractivity contribution in [3.8, 4) is 0 Å². The summed E-state index contributed by atoms with van der Waals surface area (Å²) < 4.78 is 23.3. The van der Waals surface area contributed by atoms with E-state index in [0.717, 1.165) is 49.3 Å². The predicted octanol–water partition coefficient (Wildman–Crippen LogP) is 3.01. The maximum atomic E-state index is 6.14. The fourth-order valence-electron chi connectivity index (χ4n) is 3.29. The molecule has 2 atom stereocenters. The maximum Gasteiger partial charge on any atom is 0.173 e. The Morgan fingerprint density at radius 2 is 2.09 bits per heavy atom. The van der Waals surface area contributed by atoms with E-state index in [-0.39, 0.29) is 12.1 Å². The summed E-state index contributed by atoms with van der Waals surface area (Å²) >= 11 is 0. The van der Waals surface area contributed by atoms with Gasteiger partial charge in [-0.05, 0) is 19.1 Å². The normalized spacial score (nSPS) is 25.2. The number of para-hydroxylation sites is 1. The lowest BCUT2D eigenvalue weighted by Crippen LogP contribution is -2.39. The van der Waals surface area contributed by atoms with Crippen LogP contribution in [0.25, 0.3) is 11.0 Å². The van der Waals surface area contributed by atoms with Gasteiger partial charge in [0.2, 0.25) is 0 Å². The third-order valence-electron chi connectivity index (χ3n) is 4.69. The molecule has 0 aliphatic carbocycles. The molecule has 4 rings (SSSR count). The third-order valence-corrected chi connectivity index (χ3v) is 4.69. The van der Waals surface area contributed by atoms with Crippen LogP contribution >= 0.6 is 0 Å². The highest BCUT2D eigenvalue weighted by atomic mass is 16.7. The molecule has 0 radical (unpaired) electrons. The molecule has 1 aromatic carbocycles. The van der Waals surface area contributed by atoms with E-state index >= 15 is 0 Å². The molecule has 23 heavy (non-hydrogen) atoms. The monoisotopic (exact) mass is 317 g/mol. The quantitative estimate of drug-likeness (QED) is 0.939. The van der Waals surface area contributed by atoms with Gasteiger partial charge in [-0.25, -0.2) is 0 Å². The van der Waals surface area contributed by atoms with E-state index in [4.69, 9.17) is 18.6 Å². The number of ether oxygens (including phenoxy) is 3. The van der Waals surface area contributed by atoms with Crippen LogP contribution in [0.5, 0.6) is 0 Å². The summed E-state index contributed by atoms with van der Waals surface area (Å²) in [5, 5.41) is 4.63. The first-order valence-electron chi connectivity index (χ1n) is 8.35. The summed E-state index contributed by atoms with van der Waals surface area (Å²) in [6.07, 6.45) is 1.73. The molecule has 124 valence electrons. The summed E-state index contributed by atoms with van der Waals surface area (Å²) in [4.78, 5) is 0. The first-order chi connectivity index (χ1) is 11.2. The molecule has 2 fully saturated rings. The van der Waals surface area contributed by atoms with E-state index in [0.29, 0.717) is 6.61 Å². The van der Waals surface area contributed by atoms with Crippen molar-refractivity contribution >= 4 is 11.0 Å². The molecule has 5 heteroatoms. The van der Waals surface area contributed by atoms with Gasteiger partial charge in [0.1, 0.15) is 11.3 Å². The van der Waals surface area contributed by atoms with Crippen LogP contribution in [0.3, 0.4) is 0 Å². The summed E-state index contributed by atoms with van der Waals surface area (Å²) in [6, 6.07) is 10.3. The van der Waals surface area contributed by atoms with Crippen LogP contribution in [0, 0.1) is 0 Å². The van der Waals surface area contributed by atoms with Crippen LogP contribution in [0.15, 0.2) is 34.7 Å². The Morgan fingerprint density at radius 3 is 2.91 bits per heavy atom. The second kappa shape index (κ2) is 6.24. The Labute approximate surface area is 135 Å². The number of furan rings is 1. The second-order valence-electron chi connectivity index (χ2n) is 6.39. The van der Waals surface area contributed by atoms with Gasteiger partial charge in [-0.15, -0.1) is 0 Å². The summed E-state index contributed by atoms with van der Waals surface area (Å²) in [6.45, 7) is 4.93. The van der Waals surface area contributed by atoms with E-state index < -0.39 is 5.79 Å². The fourth-order valence-corrected chi connectivity index (χ4v) is 3.29. The van der Waals surface area contributed by atoms with Crippen molar-refractivity contribution in [2.45, 2.75) is 37.7 Å². The SMILES string of the molecule is CC(NCC1COC2(CCOCC2)O1)c1cc2ccccc2o1. The van der Waals surface area contributed by atoms with Gasteiger partial charge in [-0.2, -0.15) is 0 Å². The minimum Gasteiger partial charge on any atom is -0.459 e. The van der Waals surface area contributed by atoms with Crippen molar-refractivity contribution in [3.63, 3.8) is 0 Å². The first-order valence-corrected chi connectivity index (χ1v) is 8.35. The van der Waals surface area contributed by atoms with E-state index in [9.17, 15) is 0 Å². The zero-order valence-corrected chi connectivity index (χ0v) is 13.4. The minimum atomic E-state index is -0.410. The number of benzene rings is 1. The highest BCUT2D eigenvalue weighted by Crippen LogP contribution is 2.33. The Bertz CT molecular complexity index is 629. The largest absolute Gasteiger partial charge is 0.459 e. The Balaban J connectivity index is 1.34. The van der Waals surface area contributed by atoms with Crippen molar-refractivity contribution in [1.29, 1.82) is 0 Å². The van der Waals surface area contributed by atoms with Crippen LogP contribution in [0.4, 0.5) is 0 Å². The molecule has 0 bridgehead atoms. The second-order valence-corrected chi connectivity index (χ2v) is 6.39. The third kappa shape index (κ3) is 3.15. The summed E-state index contributed by atoms with van der Waals surface area (Å²) in [5.41, 5.74) is 0.928. The van der Waals surface area contributed by atoms with E-state index in [1.807, 2.05) is 18.2 Å². The average molecular weight is 317 g/mol. The van der Waals surface area contributed by atoms with E-state index in [2.05, 4.69) is 24.4 Å². The molecular weight excluding hydrogens is 294 g/mol. The van der Waals surface area contributed by atoms with Gasteiger partial charge < -0.3 is 23.9 Å². The van der Waals surface area contributed by atoms with Crippen molar-refractivity contribution in [2.24, 2.45) is 0 Å². The highest BCUT2D eigenvalue weighted by molar-refractivity contribution is 5.77. The molecule has 1 N–H and O–H groups in total. The Morgan fingerprint density at radius 1 is 1.26 bits per heavy atom.